The first-order chi connectivity index (χ1) is 9.22. The van der Waals surface area contributed by atoms with Gasteiger partial charge >= 0.3 is 5.97 Å². The number of aryl methyl sites for hydroxylation is 1. The van der Waals surface area contributed by atoms with E-state index >= 15 is 0 Å². The number of benzene rings is 1. The zero-order chi connectivity index (χ0) is 15.3. The van der Waals surface area contributed by atoms with Crippen LogP contribution in [0.3, 0.4) is 0 Å². The summed E-state index contributed by atoms with van der Waals surface area (Å²) in [6.07, 6.45) is -0.790. The molecule has 0 aliphatic heterocycles. The van der Waals surface area contributed by atoms with Gasteiger partial charge in [0.25, 0.3) is 5.91 Å². The van der Waals surface area contributed by atoms with Gasteiger partial charge in [-0.2, -0.15) is 0 Å². The van der Waals surface area contributed by atoms with Crippen LogP contribution in [0.25, 0.3) is 0 Å². The molecule has 0 saturated carbocycles. The number of carbonyl (C=O) groups excluding carboxylic acids is 1. The lowest BCUT2D eigenvalue weighted by Gasteiger charge is -2.20. The highest BCUT2D eigenvalue weighted by molar-refractivity contribution is 5.82. The molecule has 1 aromatic carbocycles. The smallest absolute Gasteiger partial charge is 0.337 e. The largest absolute Gasteiger partial charge is 0.481 e. The summed E-state index contributed by atoms with van der Waals surface area (Å²) in [6, 6.07) is 7.23. The van der Waals surface area contributed by atoms with Crippen molar-refractivity contribution in [1.82, 2.24) is 5.32 Å². The molecule has 0 fully saturated rings. The lowest BCUT2D eigenvalue weighted by Crippen LogP contribution is -2.49. The van der Waals surface area contributed by atoms with Crippen LogP contribution in [0.5, 0.6) is 5.75 Å². The van der Waals surface area contributed by atoms with Crippen molar-refractivity contribution in [3.63, 3.8) is 0 Å². The van der Waals surface area contributed by atoms with E-state index in [0.29, 0.717) is 5.75 Å². The van der Waals surface area contributed by atoms with Gasteiger partial charge < -0.3 is 20.3 Å². The lowest BCUT2D eigenvalue weighted by molar-refractivity contribution is -0.156. The summed E-state index contributed by atoms with van der Waals surface area (Å²) in [6.45, 7) is 4.18. The number of nitrogens with one attached hydrogen (secondary N) is 1. The first kappa shape index (κ1) is 16.0. The summed E-state index contributed by atoms with van der Waals surface area (Å²) in [4.78, 5) is 22.5. The zero-order valence-electron chi connectivity index (χ0n) is 11.7. The molecule has 1 rings (SSSR count). The van der Waals surface area contributed by atoms with Crippen molar-refractivity contribution in [2.75, 3.05) is 6.54 Å². The Bertz CT molecular complexity index is 498. The van der Waals surface area contributed by atoms with Crippen LogP contribution in [0.4, 0.5) is 0 Å². The molecule has 2 unspecified atom stereocenters. The molecule has 0 aliphatic carbocycles. The minimum absolute atomic E-state index is 0.386. The molecule has 0 spiro atoms. The molecular formula is C14H19NO5. The Morgan fingerprint density at radius 1 is 1.45 bits per heavy atom. The fourth-order valence-corrected chi connectivity index (χ4v) is 1.42. The van der Waals surface area contributed by atoms with Gasteiger partial charge in [-0.1, -0.05) is 12.1 Å². The maximum absolute atomic E-state index is 11.8. The number of rotatable bonds is 6. The lowest BCUT2D eigenvalue weighted by atomic mass is 10.1. The van der Waals surface area contributed by atoms with Gasteiger partial charge in [0.2, 0.25) is 0 Å². The number of hydrogen-bond acceptors (Lipinski definition) is 4. The van der Waals surface area contributed by atoms with E-state index in [0.717, 1.165) is 12.5 Å². The van der Waals surface area contributed by atoms with Crippen molar-refractivity contribution < 1.29 is 24.5 Å². The third-order valence-corrected chi connectivity index (χ3v) is 2.74. The SMILES string of the molecule is Cc1cccc(OC(C)C(=O)NCC(C)(O)C(=O)O)c1. The highest BCUT2D eigenvalue weighted by atomic mass is 16.5. The highest BCUT2D eigenvalue weighted by Gasteiger charge is 2.31. The second kappa shape index (κ2) is 6.38. The van der Waals surface area contributed by atoms with E-state index in [-0.39, 0.29) is 6.54 Å². The minimum Gasteiger partial charge on any atom is -0.481 e. The number of hydrogen-bond donors (Lipinski definition) is 3. The van der Waals surface area contributed by atoms with Gasteiger partial charge in [-0.15, -0.1) is 0 Å². The molecule has 0 saturated heterocycles. The van der Waals surface area contributed by atoms with E-state index in [1.54, 1.807) is 19.1 Å². The van der Waals surface area contributed by atoms with Crippen molar-refractivity contribution in [2.45, 2.75) is 32.5 Å². The van der Waals surface area contributed by atoms with Crippen LogP contribution in [0.2, 0.25) is 0 Å². The van der Waals surface area contributed by atoms with Gasteiger partial charge in [-0.25, -0.2) is 4.79 Å². The van der Waals surface area contributed by atoms with Crippen LogP contribution in [-0.2, 0) is 9.59 Å². The Balaban J connectivity index is 2.54. The number of ether oxygens (including phenoxy) is 1. The number of aliphatic hydroxyl groups is 1. The average Bonchev–Trinajstić information content (AvgIpc) is 2.35. The molecule has 1 aromatic rings. The molecule has 0 bridgehead atoms. The molecule has 0 heterocycles. The molecule has 1 amide bonds. The Kier molecular flexibility index (Phi) is 5.10. The molecule has 20 heavy (non-hydrogen) atoms. The van der Waals surface area contributed by atoms with Gasteiger partial charge in [0.05, 0.1) is 6.54 Å². The average molecular weight is 281 g/mol. The van der Waals surface area contributed by atoms with Crippen molar-refractivity contribution >= 4 is 11.9 Å². The van der Waals surface area contributed by atoms with Crippen molar-refractivity contribution in [2.24, 2.45) is 0 Å². The molecule has 2 atom stereocenters. The Labute approximate surface area is 117 Å². The molecular weight excluding hydrogens is 262 g/mol. The molecule has 0 aliphatic rings. The van der Waals surface area contributed by atoms with E-state index in [9.17, 15) is 14.7 Å². The maximum Gasteiger partial charge on any atom is 0.337 e. The maximum atomic E-state index is 11.8. The summed E-state index contributed by atoms with van der Waals surface area (Å²) in [5.74, 6) is -1.34. The van der Waals surface area contributed by atoms with Gasteiger partial charge in [-0.05, 0) is 38.5 Å². The molecule has 0 aromatic heterocycles. The van der Waals surface area contributed by atoms with Crippen molar-refractivity contribution in [3.8, 4) is 5.75 Å². The third-order valence-electron chi connectivity index (χ3n) is 2.74. The van der Waals surface area contributed by atoms with Gasteiger partial charge in [0.1, 0.15) is 5.75 Å². The van der Waals surface area contributed by atoms with E-state index in [2.05, 4.69) is 5.32 Å². The Hall–Kier alpha value is -2.08. The molecule has 3 N–H and O–H groups in total. The quantitative estimate of drug-likeness (QED) is 0.714. The number of amides is 1. The van der Waals surface area contributed by atoms with Crippen LogP contribution in [0.1, 0.15) is 19.4 Å². The molecule has 6 nitrogen and oxygen atoms in total. The van der Waals surface area contributed by atoms with E-state index in [1.807, 2.05) is 19.1 Å². The van der Waals surface area contributed by atoms with Crippen molar-refractivity contribution in [1.29, 1.82) is 0 Å². The summed E-state index contributed by atoms with van der Waals surface area (Å²) in [5.41, 5.74) is -0.998. The topological polar surface area (TPSA) is 95.9 Å². The van der Waals surface area contributed by atoms with Gasteiger partial charge in [-0.3, -0.25) is 4.79 Å². The zero-order valence-corrected chi connectivity index (χ0v) is 11.7. The second-order valence-electron chi connectivity index (χ2n) is 4.87. The van der Waals surface area contributed by atoms with Gasteiger partial charge in [0.15, 0.2) is 11.7 Å². The monoisotopic (exact) mass is 281 g/mol. The number of aliphatic carboxylic acids is 1. The molecule has 6 heteroatoms. The molecule has 0 radical (unpaired) electrons. The molecule has 110 valence electrons. The van der Waals surface area contributed by atoms with Crippen LogP contribution in [0, 0.1) is 6.92 Å². The second-order valence-corrected chi connectivity index (χ2v) is 4.87. The Morgan fingerprint density at radius 3 is 2.65 bits per heavy atom. The number of carboxylic acids is 1. The predicted molar refractivity (Wildman–Crippen MR) is 72.5 cm³/mol. The van der Waals surface area contributed by atoms with E-state index in [1.165, 1.54) is 0 Å². The number of carboxylic acid groups (broad SMARTS) is 1. The summed E-state index contributed by atoms with van der Waals surface area (Å²) >= 11 is 0. The van der Waals surface area contributed by atoms with Crippen molar-refractivity contribution in [3.05, 3.63) is 29.8 Å². The first-order valence-corrected chi connectivity index (χ1v) is 6.19. The van der Waals surface area contributed by atoms with Crippen LogP contribution in [0.15, 0.2) is 24.3 Å². The predicted octanol–water partition coefficient (Wildman–Crippen LogP) is 0.714. The van der Waals surface area contributed by atoms with E-state index in [4.69, 9.17) is 9.84 Å². The summed E-state index contributed by atoms with van der Waals surface area (Å²) in [5, 5.41) is 20.6. The minimum atomic E-state index is -2.00. The van der Waals surface area contributed by atoms with Crippen LogP contribution in [-0.4, -0.2) is 40.3 Å². The summed E-state index contributed by atoms with van der Waals surface area (Å²) < 4.78 is 5.44. The van der Waals surface area contributed by atoms with Gasteiger partial charge in [0, 0.05) is 0 Å². The Morgan fingerprint density at radius 2 is 2.10 bits per heavy atom. The standard InChI is InChI=1S/C14H19NO5/c1-9-5-4-6-11(7-9)20-10(2)12(16)15-8-14(3,19)13(17)18/h4-7,10,19H,8H2,1-3H3,(H,15,16)(H,17,18). The van der Waals surface area contributed by atoms with Crippen LogP contribution >= 0.6 is 0 Å². The summed E-state index contributed by atoms with van der Waals surface area (Å²) in [7, 11) is 0. The first-order valence-electron chi connectivity index (χ1n) is 6.19. The third kappa shape index (κ3) is 4.55. The van der Waals surface area contributed by atoms with E-state index < -0.39 is 23.6 Å². The highest BCUT2D eigenvalue weighted by Crippen LogP contribution is 2.14. The number of carbonyl (C=O) groups is 2. The fourth-order valence-electron chi connectivity index (χ4n) is 1.42. The normalized spacial score (nSPS) is 15.0. The van der Waals surface area contributed by atoms with Crippen LogP contribution < -0.4 is 10.1 Å². The fraction of sp³-hybridized carbons (Fsp3) is 0.429.